The van der Waals surface area contributed by atoms with Crippen LogP contribution in [0.1, 0.15) is 51.4 Å². The molecule has 0 bridgehead atoms. The third kappa shape index (κ3) is 3.42. The summed E-state index contributed by atoms with van der Waals surface area (Å²) in [6.45, 7) is 1.37. The number of nitrogens with one attached hydrogen (secondary N) is 1. The SMILES string of the molecule is NCC1(NC(=O)CC2CCCO2)CCCCC1. The largest absolute Gasteiger partial charge is 0.378 e. The normalized spacial score (nSPS) is 27.9. The fourth-order valence-corrected chi connectivity index (χ4v) is 2.97. The molecule has 98 valence electrons. The summed E-state index contributed by atoms with van der Waals surface area (Å²) in [4.78, 5) is 12.0. The molecule has 2 aliphatic rings. The van der Waals surface area contributed by atoms with Gasteiger partial charge < -0.3 is 15.8 Å². The van der Waals surface area contributed by atoms with Crippen LogP contribution >= 0.6 is 0 Å². The Balaban J connectivity index is 1.82. The van der Waals surface area contributed by atoms with Crippen LogP contribution in [0.4, 0.5) is 0 Å². The molecule has 1 amide bonds. The predicted molar refractivity (Wildman–Crippen MR) is 66.6 cm³/mol. The van der Waals surface area contributed by atoms with Gasteiger partial charge in [0.1, 0.15) is 0 Å². The minimum Gasteiger partial charge on any atom is -0.378 e. The van der Waals surface area contributed by atoms with Crippen molar-refractivity contribution in [2.45, 2.75) is 63.0 Å². The van der Waals surface area contributed by atoms with Gasteiger partial charge in [-0.2, -0.15) is 0 Å². The fraction of sp³-hybridized carbons (Fsp3) is 0.923. The smallest absolute Gasteiger partial charge is 0.223 e. The lowest BCUT2D eigenvalue weighted by Crippen LogP contribution is -2.55. The van der Waals surface area contributed by atoms with Crippen molar-refractivity contribution in [1.82, 2.24) is 5.32 Å². The van der Waals surface area contributed by atoms with Gasteiger partial charge in [-0.25, -0.2) is 0 Å². The molecule has 2 fully saturated rings. The molecule has 1 atom stereocenters. The maximum Gasteiger partial charge on any atom is 0.223 e. The molecule has 0 aromatic heterocycles. The van der Waals surface area contributed by atoms with E-state index in [1.165, 1.54) is 19.3 Å². The molecule has 3 N–H and O–H groups in total. The Morgan fingerprint density at radius 2 is 2.06 bits per heavy atom. The van der Waals surface area contributed by atoms with Crippen molar-refractivity contribution in [2.75, 3.05) is 13.2 Å². The molecule has 0 aromatic rings. The maximum atomic E-state index is 12.0. The number of carbonyl (C=O) groups is 1. The molecule has 4 heteroatoms. The van der Waals surface area contributed by atoms with Crippen LogP contribution in [0.15, 0.2) is 0 Å². The number of carbonyl (C=O) groups excluding carboxylic acids is 1. The van der Waals surface area contributed by atoms with E-state index in [0.29, 0.717) is 13.0 Å². The van der Waals surface area contributed by atoms with E-state index in [0.717, 1.165) is 32.3 Å². The van der Waals surface area contributed by atoms with Crippen LogP contribution < -0.4 is 11.1 Å². The van der Waals surface area contributed by atoms with Crippen molar-refractivity contribution >= 4 is 5.91 Å². The molecule has 1 unspecified atom stereocenters. The highest BCUT2D eigenvalue weighted by molar-refractivity contribution is 5.77. The molecule has 4 nitrogen and oxygen atoms in total. The minimum absolute atomic E-state index is 0.115. The molecular formula is C13H24N2O2. The van der Waals surface area contributed by atoms with Gasteiger partial charge in [0.05, 0.1) is 18.1 Å². The Labute approximate surface area is 103 Å². The first-order valence-corrected chi connectivity index (χ1v) is 6.87. The van der Waals surface area contributed by atoms with E-state index in [9.17, 15) is 4.79 Å². The van der Waals surface area contributed by atoms with Gasteiger partial charge in [-0.05, 0) is 25.7 Å². The number of rotatable bonds is 4. The highest BCUT2D eigenvalue weighted by Crippen LogP contribution is 2.27. The third-order valence-corrected chi connectivity index (χ3v) is 4.04. The second kappa shape index (κ2) is 5.83. The van der Waals surface area contributed by atoms with Gasteiger partial charge in [0.15, 0.2) is 0 Å². The van der Waals surface area contributed by atoms with Gasteiger partial charge in [0.2, 0.25) is 5.91 Å². The van der Waals surface area contributed by atoms with Crippen LogP contribution in [0.5, 0.6) is 0 Å². The number of hydrogen-bond donors (Lipinski definition) is 2. The van der Waals surface area contributed by atoms with Gasteiger partial charge in [-0.1, -0.05) is 19.3 Å². The maximum absolute atomic E-state index is 12.0. The summed E-state index contributed by atoms with van der Waals surface area (Å²) in [6.07, 6.45) is 8.42. The number of nitrogens with two attached hydrogens (primary N) is 1. The van der Waals surface area contributed by atoms with E-state index in [2.05, 4.69) is 5.32 Å². The Bertz CT molecular complexity index is 256. The Morgan fingerprint density at radius 1 is 1.29 bits per heavy atom. The standard InChI is InChI=1S/C13H24N2O2/c14-10-13(6-2-1-3-7-13)15-12(16)9-11-5-4-8-17-11/h11H,1-10,14H2,(H,15,16). The topological polar surface area (TPSA) is 64.3 Å². The van der Waals surface area contributed by atoms with E-state index in [4.69, 9.17) is 10.5 Å². The molecule has 17 heavy (non-hydrogen) atoms. The molecule has 0 aromatic carbocycles. The van der Waals surface area contributed by atoms with E-state index >= 15 is 0 Å². The first-order chi connectivity index (χ1) is 8.24. The van der Waals surface area contributed by atoms with Crippen molar-refractivity contribution in [1.29, 1.82) is 0 Å². The lowest BCUT2D eigenvalue weighted by atomic mass is 9.81. The minimum atomic E-state index is -0.131. The van der Waals surface area contributed by atoms with Gasteiger partial charge in [0, 0.05) is 13.2 Å². The zero-order valence-electron chi connectivity index (χ0n) is 10.5. The van der Waals surface area contributed by atoms with Gasteiger partial charge in [-0.15, -0.1) is 0 Å². The molecule has 1 aliphatic heterocycles. The van der Waals surface area contributed by atoms with E-state index < -0.39 is 0 Å². The van der Waals surface area contributed by atoms with E-state index in [1.54, 1.807) is 0 Å². The number of hydrogen-bond acceptors (Lipinski definition) is 3. The van der Waals surface area contributed by atoms with Gasteiger partial charge in [0.25, 0.3) is 0 Å². The zero-order valence-corrected chi connectivity index (χ0v) is 10.5. The Kier molecular flexibility index (Phi) is 4.40. The van der Waals surface area contributed by atoms with Crippen LogP contribution in [0, 0.1) is 0 Å². The van der Waals surface area contributed by atoms with Crippen molar-refractivity contribution in [3.63, 3.8) is 0 Å². The number of amides is 1. The average molecular weight is 240 g/mol. The van der Waals surface area contributed by atoms with Crippen molar-refractivity contribution < 1.29 is 9.53 Å². The Hall–Kier alpha value is -0.610. The number of ether oxygens (including phenoxy) is 1. The van der Waals surface area contributed by atoms with Crippen LogP contribution in [0.3, 0.4) is 0 Å². The lowest BCUT2D eigenvalue weighted by Gasteiger charge is -2.37. The summed E-state index contributed by atoms with van der Waals surface area (Å²) in [5.41, 5.74) is 5.72. The van der Waals surface area contributed by atoms with E-state index in [1.807, 2.05) is 0 Å². The summed E-state index contributed by atoms with van der Waals surface area (Å²) < 4.78 is 5.49. The predicted octanol–water partition coefficient (Wildman–Crippen LogP) is 1.33. The quantitative estimate of drug-likeness (QED) is 0.779. The fourth-order valence-electron chi connectivity index (χ4n) is 2.97. The lowest BCUT2D eigenvalue weighted by molar-refractivity contribution is -0.125. The van der Waals surface area contributed by atoms with Gasteiger partial charge in [-0.3, -0.25) is 4.79 Å². The second-order valence-electron chi connectivity index (χ2n) is 5.43. The average Bonchev–Trinajstić information content (AvgIpc) is 2.83. The first kappa shape index (κ1) is 12.8. The highest BCUT2D eigenvalue weighted by Gasteiger charge is 2.32. The second-order valence-corrected chi connectivity index (χ2v) is 5.43. The molecule has 1 aliphatic carbocycles. The summed E-state index contributed by atoms with van der Waals surface area (Å²) in [5, 5.41) is 3.16. The van der Waals surface area contributed by atoms with Crippen molar-refractivity contribution in [2.24, 2.45) is 5.73 Å². The van der Waals surface area contributed by atoms with Crippen molar-refractivity contribution in [3.05, 3.63) is 0 Å². The zero-order chi connectivity index (χ0) is 12.1. The summed E-state index contributed by atoms with van der Waals surface area (Å²) in [6, 6.07) is 0. The highest BCUT2D eigenvalue weighted by atomic mass is 16.5. The summed E-state index contributed by atoms with van der Waals surface area (Å²) in [5.74, 6) is 0.115. The monoisotopic (exact) mass is 240 g/mol. The van der Waals surface area contributed by atoms with Crippen LogP contribution in [-0.2, 0) is 9.53 Å². The molecule has 0 radical (unpaired) electrons. The molecule has 2 rings (SSSR count). The molecule has 0 spiro atoms. The van der Waals surface area contributed by atoms with Crippen LogP contribution in [0.2, 0.25) is 0 Å². The van der Waals surface area contributed by atoms with Crippen LogP contribution in [0.25, 0.3) is 0 Å². The Morgan fingerprint density at radius 3 is 2.65 bits per heavy atom. The first-order valence-electron chi connectivity index (χ1n) is 6.87. The molecule has 1 saturated carbocycles. The van der Waals surface area contributed by atoms with Crippen LogP contribution in [-0.4, -0.2) is 30.7 Å². The molecule has 1 heterocycles. The van der Waals surface area contributed by atoms with E-state index in [-0.39, 0.29) is 17.6 Å². The molecular weight excluding hydrogens is 216 g/mol. The third-order valence-electron chi connectivity index (χ3n) is 4.04. The summed E-state index contributed by atoms with van der Waals surface area (Å²) >= 11 is 0. The van der Waals surface area contributed by atoms with Gasteiger partial charge >= 0.3 is 0 Å². The molecule has 1 saturated heterocycles. The van der Waals surface area contributed by atoms with Crippen molar-refractivity contribution in [3.8, 4) is 0 Å². The summed E-state index contributed by atoms with van der Waals surface area (Å²) in [7, 11) is 0.